The number of allylic oxidation sites excluding steroid dienone is 1. The van der Waals surface area contributed by atoms with Crippen LogP contribution in [-0.2, 0) is 14.3 Å². The summed E-state index contributed by atoms with van der Waals surface area (Å²) < 4.78 is 42.5. The van der Waals surface area contributed by atoms with E-state index in [0.717, 1.165) is 10.6 Å². The van der Waals surface area contributed by atoms with Crippen molar-refractivity contribution in [3.63, 3.8) is 0 Å². The fourth-order valence-corrected chi connectivity index (χ4v) is 2.79. The van der Waals surface area contributed by atoms with Gasteiger partial charge in [-0.3, -0.25) is 4.79 Å². The third-order valence-corrected chi connectivity index (χ3v) is 4.01. The zero-order valence-electron chi connectivity index (χ0n) is 15.2. The Morgan fingerprint density at radius 3 is 2.41 bits per heavy atom. The average Bonchev–Trinajstić information content (AvgIpc) is 2.61. The van der Waals surface area contributed by atoms with Gasteiger partial charge in [0.15, 0.2) is 0 Å². The van der Waals surface area contributed by atoms with E-state index in [-0.39, 0.29) is 32.8 Å². The fraction of sp³-hybridized carbons (Fsp3) is 0.444. The summed E-state index contributed by atoms with van der Waals surface area (Å²) in [6, 6.07) is 7.28. The number of carbonyl (C=O) groups excluding carboxylic acids is 2. The van der Waals surface area contributed by atoms with E-state index in [1.54, 1.807) is 13.8 Å². The molecule has 148 valence electrons. The van der Waals surface area contributed by atoms with Gasteiger partial charge in [0.2, 0.25) is 0 Å². The summed E-state index contributed by atoms with van der Waals surface area (Å²) in [5, 5.41) is 3.11. The molecule has 1 aromatic carbocycles. The van der Waals surface area contributed by atoms with E-state index < -0.39 is 18.1 Å². The van der Waals surface area contributed by atoms with Crippen LogP contribution in [0.4, 0.5) is 24.5 Å². The molecular weight excluding hydrogens is 363 g/mol. The van der Waals surface area contributed by atoms with Crippen molar-refractivity contribution in [2.45, 2.75) is 20.0 Å². The number of esters is 1. The van der Waals surface area contributed by atoms with Crippen molar-refractivity contribution >= 4 is 23.3 Å². The number of ether oxygens (including phenoxy) is 1. The minimum absolute atomic E-state index is 0.00960. The molecule has 0 unspecified atom stereocenters. The van der Waals surface area contributed by atoms with Gasteiger partial charge in [-0.1, -0.05) is 12.1 Å². The van der Waals surface area contributed by atoms with E-state index in [2.05, 4.69) is 5.32 Å². The minimum atomic E-state index is -4.85. The van der Waals surface area contributed by atoms with E-state index in [9.17, 15) is 22.8 Å². The van der Waals surface area contributed by atoms with Crippen molar-refractivity contribution in [3.05, 3.63) is 36.0 Å². The first kappa shape index (κ1) is 20.6. The highest BCUT2D eigenvalue weighted by Gasteiger charge is 2.43. The van der Waals surface area contributed by atoms with Crippen LogP contribution in [-0.4, -0.2) is 55.7 Å². The predicted molar refractivity (Wildman–Crippen MR) is 95.3 cm³/mol. The second-order valence-electron chi connectivity index (χ2n) is 6.00. The molecule has 1 aliphatic heterocycles. The van der Waals surface area contributed by atoms with Crippen LogP contribution in [0.5, 0.6) is 0 Å². The molecule has 1 fully saturated rings. The number of alkyl halides is 3. The topological polar surface area (TPSA) is 61.9 Å². The summed E-state index contributed by atoms with van der Waals surface area (Å²) >= 11 is 0. The Bertz CT molecular complexity index is 711. The highest BCUT2D eigenvalue weighted by Crippen LogP contribution is 2.28. The number of hydrogen-bond donors (Lipinski definition) is 1. The van der Waals surface area contributed by atoms with Gasteiger partial charge in [-0.05, 0) is 26.0 Å². The highest BCUT2D eigenvalue weighted by atomic mass is 19.4. The Morgan fingerprint density at radius 1 is 1.19 bits per heavy atom. The lowest BCUT2D eigenvalue weighted by molar-refractivity contribution is -0.185. The summed E-state index contributed by atoms with van der Waals surface area (Å²) in [6.07, 6.45) is -3.52. The lowest BCUT2D eigenvalue weighted by Gasteiger charge is -2.37. The number of para-hydroxylation sites is 2. The van der Waals surface area contributed by atoms with Crippen molar-refractivity contribution in [1.29, 1.82) is 0 Å². The monoisotopic (exact) mass is 385 g/mol. The molecule has 0 atom stereocenters. The first-order chi connectivity index (χ1) is 12.7. The number of carbonyl (C=O) groups is 2. The number of hydrogen-bond acceptors (Lipinski definition) is 5. The van der Waals surface area contributed by atoms with Crippen molar-refractivity contribution in [2.24, 2.45) is 0 Å². The first-order valence-electron chi connectivity index (χ1n) is 8.54. The number of piperazine rings is 1. The number of benzene rings is 1. The standard InChI is InChI=1S/C18H22F3N3O3/c1-3-27-16(25)12-13(2)22-14-6-4-5-7-15(14)23-8-10-24(11-9-23)17(26)18(19,20)21/h4-7,12,22H,3,8-11H2,1-2H3/b13-12-. The van der Waals surface area contributed by atoms with E-state index >= 15 is 0 Å². The quantitative estimate of drug-likeness (QED) is 0.624. The molecule has 0 spiro atoms. The molecule has 1 saturated heterocycles. The van der Waals surface area contributed by atoms with Crippen LogP contribution in [0.15, 0.2) is 36.0 Å². The van der Waals surface area contributed by atoms with E-state index in [1.165, 1.54) is 6.08 Å². The Labute approximate surface area is 155 Å². The van der Waals surface area contributed by atoms with Crippen LogP contribution >= 0.6 is 0 Å². The SMILES string of the molecule is CCOC(=O)/C=C(/C)Nc1ccccc1N1CCN(C(=O)C(F)(F)F)CC1. The second kappa shape index (κ2) is 8.79. The van der Waals surface area contributed by atoms with Crippen LogP contribution < -0.4 is 10.2 Å². The Morgan fingerprint density at radius 2 is 1.81 bits per heavy atom. The number of halogens is 3. The van der Waals surface area contributed by atoms with Crippen LogP contribution in [0, 0.1) is 0 Å². The molecule has 2 rings (SSSR count). The highest BCUT2D eigenvalue weighted by molar-refractivity contribution is 5.84. The van der Waals surface area contributed by atoms with E-state index in [1.807, 2.05) is 29.2 Å². The van der Waals surface area contributed by atoms with Crippen molar-refractivity contribution in [1.82, 2.24) is 4.90 Å². The van der Waals surface area contributed by atoms with Crippen LogP contribution in [0.1, 0.15) is 13.8 Å². The molecule has 0 bridgehead atoms. The zero-order chi connectivity index (χ0) is 20.0. The predicted octanol–water partition coefficient (Wildman–Crippen LogP) is 2.78. The normalized spacial score (nSPS) is 15.5. The van der Waals surface area contributed by atoms with Gasteiger partial charge < -0.3 is 19.9 Å². The molecule has 0 aromatic heterocycles. The van der Waals surface area contributed by atoms with Gasteiger partial charge in [0.1, 0.15) is 0 Å². The fourth-order valence-electron chi connectivity index (χ4n) is 2.79. The molecule has 0 aliphatic carbocycles. The first-order valence-corrected chi connectivity index (χ1v) is 8.54. The lowest BCUT2D eigenvalue weighted by Crippen LogP contribution is -2.52. The second-order valence-corrected chi connectivity index (χ2v) is 6.00. The number of amides is 1. The van der Waals surface area contributed by atoms with Gasteiger partial charge >= 0.3 is 18.1 Å². The Hall–Kier alpha value is -2.71. The van der Waals surface area contributed by atoms with Gasteiger partial charge in [0.05, 0.1) is 18.0 Å². The molecule has 0 radical (unpaired) electrons. The molecule has 1 N–H and O–H groups in total. The molecule has 27 heavy (non-hydrogen) atoms. The number of rotatable bonds is 5. The maximum Gasteiger partial charge on any atom is 0.471 e. The number of nitrogens with zero attached hydrogens (tertiary/aromatic N) is 2. The summed E-state index contributed by atoms with van der Waals surface area (Å²) in [4.78, 5) is 25.6. The maximum absolute atomic E-state index is 12.6. The van der Waals surface area contributed by atoms with E-state index in [0.29, 0.717) is 11.4 Å². The maximum atomic E-state index is 12.6. The molecule has 1 aliphatic rings. The van der Waals surface area contributed by atoms with Crippen LogP contribution in [0.3, 0.4) is 0 Å². The summed E-state index contributed by atoms with van der Waals surface area (Å²) in [5.41, 5.74) is 2.08. The molecule has 1 heterocycles. The molecule has 1 aromatic rings. The molecular formula is C18H22F3N3O3. The average molecular weight is 385 g/mol. The zero-order valence-corrected chi connectivity index (χ0v) is 15.2. The summed E-state index contributed by atoms with van der Waals surface area (Å²) in [6.45, 7) is 4.25. The third-order valence-electron chi connectivity index (χ3n) is 4.01. The summed E-state index contributed by atoms with van der Waals surface area (Å²) in [5.74, 6) is -2.26. The Kier molecular flexibility index (Phi) is 6.70. The van der Waals surface area contributed by atoms with Crippen molar-refractivity contribution in [2.75, 3.05) is 43.0 Å². The third kappa shape index (κ3) is 5.63. The number of nitrogens with one attached hydrogen (secondary N) is 1. The molecule has 6 nitrogen and oxygen atoms in total. The minimum Gasteiger partial charge on any atom is -0.463 e. The van der Waals surface area contributed by atoms with Crippen molar-refractivity contribution < 1.29 is 27.5 Å². The number of anilines is 2. The molecule has 9 heteroatoms. The van der Waals surface area contributed by atoms with Crippen LogP contribution in [0.25, 0.3) is 0 Å². The van der Waals surface area contributed by atoms with Gasteiger partial charge in [0.25, 0.3) is 0 Å². The van der Waals surface area contributed by atoms with Gasteiger partial charge in [-0.15, -0.1) is 0 Å². The molecule has 1 amide bonds. The van der Waals surface area contributed by atoms with Gasteiger partial charge in [0, 0.05) is 38.0 Å². The lowest BCUT2D eigenvalue weighted by atomic mass is 10.2. The largest absolute Gasteiger partial charge is 0.471 e. The molecule has 0 saturated carbocycles. The smallest absolute Gasteiger partial charge is 0.463 e. The van der Waals surface area contributed by atoms with E-state index in [4.69, 9.17) is 4.74 Å². The summed E-state index contributed by atoms with van der Waals surface area (Å²) in [7, 11) is 0. The van der Waals surface area contributed by atoms with Crippen LogP contribution in [0.2, 0.25) is 0 Å². The van der Waals surface area contributed by atoms with Gasteiger partial charge in [-0.2, -0.15) is 13.2 Å². The van der Waals surface area contributed by atoms with Gasteiger partial charge in [-0.25, -0.2) is 4.79 Å². The van der Waals surface area contributed by atoms with Crippen molar-refractivity contribution in [3.8, 4) is 0 Å². The Balaban J connectivity index is 2.06.